The monoisotopic (exact) mass is 482 g/mol. The van der Waals surface area contributed by atoms with Crippen LogP contribution < -0.4 is 0 Å². The first kappa shape index (κ1) is 23.4. The Bertz CT molecular complexity index is 937. The summed E-state index contributed by atoms with van der Waals surface area (Å²) < 4.78 is 13.7. The number of allylic oxidation sites excluding steroid dienone is 10. The van der Waals surface area contributed by atoms with Crippen LogP contribution in [0.15, 0.2) is 71.5 Å². The number of hydrogen-bond donors (Lipinski definition) is 0. The summed E-state index contributed by atoms with van der Waals surface area (Å²) in [7, 11) is 0. The van der Waals surface area contributed by atoms with E-state index >= 15 is 0 Å². The first-order valence-corrected chi connectivity index (χ1v) is 16.3. The van der Waals surface area contributed by atoms with Gasteiger partial charge in [-0.15, -0.1) is 0 Å². The average molecular weight is 483 g/mol. The van der Waals surface area contributed by atoms with Crippen molar-refractivity contribution in [3.63, 3.8) is 0 Å². The average Bonchev–Trinajstić information content (AvgIpc) is 2.90. The molecule has 2 aliphatic heterocycles. The Labute approximate surface area is 205 Å². The lowest BCUT2D eigenvalue weighted by Crippen LogP contribution is -2.44. The molecule has 2 heterocycles. The second-order valence-corrected chi connectivity index (χ2v) is 15.3. The van der Waals surface area contributed by atoms with Gasteiger partial charge in [0, 0.05) is 17.4 Å². The molecule has 2 saturated carbocycles. The van der Waals surface area contributed by atoms with Crippen LogP contribution in [-0.4, -0.2) is 23.5 Å². The van der Waals surface area contributed by atoms with Crippen LogP contribution in [0.3, 0.4) is 0 Å². The third kappa shape index (κ3) is 4.92. The first-order chi connectivity index (χ1) is 16.3. The van der Waals surface area contributed by atoms with Crippen molar-refractivity contribution in [1.82, 2.24) is 0 Å². The van der Waals surface area contributed by atoms with E-state index < -0.39 is 6.04 Å². The van der Waals surface area contributed by atoms with Crippen molar-refractivity contribution < 1.29 is 9.47 Å². The zero-order chi connectivity index (χ0) is 22.5. The minimum atomic E-state index is -1.91. The summed E-state index contributed by atoms with van der Waals surface area (Å²) in [6.07, 6.45) is 36.1. The molecule has 3 fully saturated rings. The number of fused-ring (bicyclic) bond motifs is 4. The van der Waals surface area contributed by atoms with Gasteiger partial charge < -0.3 is 9.47 Å². The van der Waals surface area contributed by atoms with Gasteiger partial charge in [0.2, 0.25) is 0 Å². The molecule has 5 aliphatic rings. The lowest BCUT2D eigenvalue weighted by atomic mass is 9.97. The van der Waals surface area contributed by atoms with E-state index in [-0.39, 0.29) is 12.2 Å². The molecule has 0 bridgehead atoms. The fourth-order valence-corrected chi connectivity index (χ4v) is 13.1. The molecule has 0 aromatic carbocycles. The van der Waals surface area contributed by atoms with Gasteiger partial charge in [0.15, 0.2) is 0 Å². The van der Waals surface area contributed by atoms with E-state index in [2.05, 4.69) is 54.7 Å². The molecule has 3 aliphatic carbocycles. The van der Waals surface area contributed by atoms with Gasteiger partial charge >= 0.3 is 0 Å². The van der Waals surface area contributed by atoms with Crippen LogP contribution in [0, 0.1) is 0 Å². The minimum absolute atomic E-state index is 0.273. The van der Waals surface area contributed by atoms with Gasteiger partial charge in [0.1, 0.15) is 23.7 Å². The first-order valence-electron chi connectivity index (χ1n) is 13.3. The normalized spacial score (nSPS) is 40.9. The van der Waals surface area contributed by atoms with Crippen LogP contribution >= 0.6 is 6.04 Å². The van der Waals surface area contributed by atoms with Crippen LogP contribution in [0.25, 0.3) is 0 Å². The van der Waals surface area contributed by atoms with Crippen molar-refractivity contribution in [2.24, 2.45) is 0 Å². The summed E-state index contributed by atoms with van der Waals surface area (Å²) in [5.74, 6) is 2.01. The SMILES string of the molecule is S=P12C3=C(\C=C/C=C\C=C/C=C\C=C3OC3CCCCCCC31)OC1CCCCCCCC12. The highest BCUT2D eigenvalue weighted by Gasteiger charge is 2.54. The minimum Gasteiger partial charge on any atom is -0.489 e. The third-order valence-corrected chi connectivity index (χ3v) is 14.6. The highest BCUT2D eigenvalue weighted by atomic mass is 32.4. The van der Waals surface area contributed by atoms with Crippen LogP contribution in [-0.2, 0) is 21.3 Å². The largest absolute Gasteiger partial charge is 0.489 e. The molecule has 5 unspecified atom stereocenters. The summed E-state index contributed by atoms with van der Waals surface area (Å²) in [6.45, 7) is 0. The molecule has 1 saturated heterocycles. The molecular formula is C29H39O2PS. The lowest BCUT2D eigenvalue weighted by Gasteiger charge is -2.53. The van der Waals surface area contributed by atoms with Gasteiger partial charge in [0.05, 0.1) is 5.31 Å². The molecule has 4 heteroatoms. The summed E-state index contributed by atoms with van der Waals surface area (Å²) >= 11 is 7.04. The smallest absolute Gasteiger partial charge is 0.131 e. The van der Waals surface area contributed by atoms with E-state index in [4.69, 9.17) is 21.3 Å². The maximum Gasteiger partial charge on any atom is 0.131 e. The summed E-state index contributed by atoms with van der Waals surface area (Å²) in [5, 5.41) is 1.28. The molecule has 5 rings (SSSR count). The maximum absolute atomic E-state index is 7.04. The number of ether oxygens (including phenoxy) is 2. The van der Waals surface area contributed by atoms with Gasteiger partial charge in [-0.1, -0.05) is 99.3 Å². The molecule has 178 valence electrons. The zero-order valence-electron chi connectivity index (χ0n) is 19.9. The number of hydrogen-bond acceptors (Lipinski definition) is 3. The van der Waals surface area contributed by atoms with E-state index in [1.54, 1.807) is 0 Å². The zero-order valence-corrected chi connectivity index (χ0v) is 21.6. The molecular weight excluding hydrogens is 443 g/mol. The molecule has 0 amide bonds. The van der Waals surface area contributed by atoms with E-state index in [1.807, 2.05) is 0 Å². The molecule has 0 aromatic heterocycles. The topological polar surface area (TPSA) is 18.5 Å². The fourth-order valence-electron chi connectivity index (χ4n) is 6.52. The Balaban J connectivity index is 1.68. The molecule has 0 radical (unpaired) electrons. The highest BCUT2D eigenvalue weighted by molar-refractivity contribution is 8.17. The van der Waals surface area contributed by atoms with Crippen LogP contribution in [0.1, 0.15) is 83.5 Å². The Kier molecular flexibility index (Phi) is 7.78. The van der Waals surface area contributed by atoms with Gasteiger partial charge in [-0.05, 0) is 50.7 Å². The fraction of sp³-hybridized carbons (Fsp3) is 0.586. The Morgan fingerprint density at radius 2 is 1.12 bits per heavy atom. The van der Waals surface area contributed by atoms with Gasteiger partial charge in [0.25, 0.3) is 0 Å². The third-order valence-electron chi connectivity index (χ3n) is 8.11. The summed E-state index contributed by atoms with van der Waals surface area (Å²) in [5.41, 5.74) is 1.01. The molecule has 0 aromatic rings. The standard InChI is InChI=1S/C29H39O2PS/c33-32-27-21-15-8-4-7-11-17-23(27)30-25-19-13-5-2-1-3-6-14-20-26(29(25)32)31-24-18-12-9-10-16-22-28(24)32/h1-3,5-6,13-14,19-20,23-24,27-28H,4,7-12,15-18,21-22H2/b2-1?,3-1-,5-2-,6-3?,13-5?,14-6-,19-13-,20-14?,25-19?,26-20?. The molecule has 33 heavy (non-hydrogen) atoms. The summed E-state index contributed by atoms with van der Waals surface area (Å²) in [4.78, 5) is 0. The second-order valence-electron chi connectivity index (χ2n) is 10.3. The molecule has 2 nitrogen and oxygen atoms in total. The van der Waals surface area contributed by atoms with Gasteiger partial charge in [-0.25, -0.2) is 0 Å². The predicted octanol–water partition coefficient (Wildman–Crippen LogP) is 8.43. The van der Waals surface area contributed by atoms with Gasteiger partial charge in [-0.2, -0.15) is 0 Å². The Morgan fingerprint density at radius 1 is 0.606 bits per heavy atom. The van der Waals surface area contributed by atoms with Gasteiger partial charge in [-0.3, -0.25) is 0 Å². The van der Waals surface area contributed by atoms with Crippen LogP contribution in [0.4, 0.5) is 0 Å². The van der Waals surface area contributed by atoms with Crippen LogP contribution in [0.2, 0.25) is 0 Å². The van der Waals surface area contributed by atoms with E-state index in [1.165, 1.54) is 75.9 Å². The molecule has 0 spiro atoms. The van der Waals surface area contributed by atoms with Crippen molar-refractivity contribution in [2.45, 2.75) is 107 Å². The summed E-state index contributed by atoms with van der Waals surface area (Å²) in [6, 6.07) is -1.91. The van der Waals surface area contributed by atoms with Crippen molar-refractivity contribution >= 4 is 17.8 Å². The van der Waals surface area contributed by atoms with Crippen molar-refractivity contribution in [3.8, 4) is 0 Å². The Morgan fingerprint density at radius 3 is 1.79 bits per heavy atom. The molecule has 5 atom stereocenters. The Hall–Kier alpha value is -1.31. The molecule has 0 N–H and O–H groups in total. The number of rotatable bonds is 0. The van der Waals surface area contributed by atoms with E-state index in [0.29, 0.717) is 11.3 Å². The van der Waals surface area contributed by atoms with E-state index in [9.17, 15) is 0 Å². The van der Waals surface area contributed by atoms with Crippen LogP contribution in [0.5, 0.6) is 0 Å². The predicted molar refractivity (Wildman–Crippen MR) is 143 cm³/mol. The van der Waals surface area contributed by atoms with E-state index in [0.717, 1.165) is 24.4 Å². The van der Waals surface area contributed by atoms with Crippen molar-refractivity contribution in [2.75, 3.05) is 0 Å². The maximum atomic E-state index is 7.04. The van der Waals surface area contributed by atoms with Crippen molar-refractivity contribution in [3.05, 3.63) is 71.5 Å². The quantitative estimate of drug-likeness (QED) is 0.323. The lowest BCUT2D eigenvalue weighted by molar-refractivity contribution is 0.0729. The highest BCUT2D eigenvalue weighted by Crippen LogP contribution is 2.74. The second kappa shape index (κ2) is 11.0. The van der Waals surface area contributed by atoms with Crippen molar-refractivity contribution in [1.29, 1.82) is 0 Å².